The van der Waals surface area contributed by atoms with Crippen LogP contribution in [0.1, 0.15) is 40.2 Å². The summed E-state index contributed by atoms with van der Waals surface area (Å²) in [7, 11) is 0. The Bertz CT molecular complexity index is 969. The van der Waals surface area contributed by atoms with E-state index in [0.29, 0.717) is 0 Å². The second-order valence-electron chi connectivity index (χ2n) is 9.30. The van der Waals surface area contributed by atoms with Gasteiger partial charge in [-0.15, -0.1) is 0 Å². The summed E-state index contributed by atoms with van der Waals surface area (Å²) in [4.78, 5) is 11.2. The lowest BCUT2D eigenvalue weighted by Gasteiger charge is -2.39. The highest BCUT2D eigenvalue weighted by Gasteiger charge is 2.66. The summed E-state index contributed by atoms with van der Waals surface area (Å²) < 4.78 is 0. The Labute approximate surface area is 148 Å². The molecule has 2 aromatic rings. The largest absolute Gasteiger partial charge is 0.298 e. The van der Waals surface area contributed by atoms with Crippen molar-refractivity contribution < 1.29 is 4.79 Å². The van der Waals surface area contributed by atoms with Crippen molar-refractivity contribution in [2.24, 2.45) is 41.4 Å². The summed E-state index contributed by atoms with van der Waals surface area (Å²) in [6.45, 7) is 0. The molecular formula is C24H22O. The molecule has 1 nitrogen and oxygen atoms in total. The summed E-state index contributed by atoms with van der Waals surface area (Å²) in [5.74, 6) is 7.33. The molecule has 5 aliphatic rings. The molecule has 25 heavy (non-hydrogen) atoms. The van der Waals surface area contributed by atoms with Crippen LogP contribution in [0.4, 0.5) is 0 Å². The van der Waals surface area contributed by atoms with Gasteiger partial charge < -0.3 is 0 Å². The maximum absolute atomic E-state index is 11.2. The molecular weight excluding hydrogens is 304 g/mol. The first-order valence-electron chi connectivity index (χ1n) is 10.0. The van der Waals surface area contributed by atoms with Crippen molar-refractivity contribution >= 4 is 17.1 Å². The van der Waals surface area contributed by atoms with Crippen molar-refractivity contribution in [1.29, 1.82) is 0 Å². The fourth-order valence-corrected chi connectivity index (χ4v) is 8.19. The number of hydrogen-bond donors (Lipinski definition) is 0. The molecule has 1 heteroatoms. The molecule has 7 rings (SSSR count). The standard InChI is InChI=1S/C24H22O/c25-11-12-1-6-17-13(7-12)2-3-16-9-18-19-10-20(24(18)21(16)17)23-15-5-4-14(8-15)22(19)23/h1-7,11,14-15,18-20,22-24H,8-10H2. The van der Waals surface area contributed by atoms with Gasteiger partial charge in [0, 0.05) is 5.56 Å². The number of benzene rings is 2. The Morgan fingerprint density at radius 3 is 2.56 bits per heavy atom. The summed E-state index contributed by atoms with van der Waals surface area (Å²) in [6.07, 6.45) is 10.3. The Balaban J connectivity index is 1.41. The van der Waals surface area contributed by atoms with Crippen LogP contribution in [0.5, 0.6) is 0 Å². The van der Waals surface area contributed by atoms with Gasteiger partial charge in [-0.2, -0.15) is 0 Å². The first-order valence-corrected chi connectivity index (χ1v) is 10.0. The number of allylic oxidation sites excluding steroid dienone is 2. The van der Waals surface area contributed by atoms with E-state index in [1.54, 1.807) is 11.1 Å². The van der Waals surface area contributed by atoms with E-state index in [9.17, 15) is 4.79 Å². The van der Waals surface area contributed by atoms with E-state index in [0.717, 1.165) is 59.2 Å². The second-order valence-corrected chi connectivity index (χ2v) is 9.30. The molecule has 0 N–H and O–H groups in total. The number of carbonyl (C=O) groups excluding carboxylic acids is 1. The van der Waals surface area contributed by atoms with Crippen LogP contribution in [-0.4, -0.2) is 6.29 Å². The molecule has 124 valence electrons. The van der Waals surface area contributed by atoms with Gasteiger partial charge in [0.2, 0.25) is 0 Å². The molecule has 4 bridgehead atoms. The predicted molar refractivity (Wildman–Crippen MR) is 98.6 cm³/mol. The van der Waals surface area contributed by atoms with Crippen LogP contribution in [0.25, 0.3) is 10.8 Å². The number of fused-ring (bicyclic) bond motifs is 16. The number of hydrogen-bond acceptors (Lipinski definition) is 1. The molecule has 0 aromatic heterocycles. The molecule has 3 saturated carbocycles. The zero-order valence-electron chi connectivity index (χ0n) is 14.3. The Morgan fingerprint density at radius 2 is 1.72 bits per heavy atom. The van der Waals surface area contributed by atoms with Gasteiger partial charge in [0.15, 0.2) is 0 Å². The first-order chi connectivity index (χ1) is 12.3. The molecule has 0 amide bonds. The van der Waals surface area contributed by atoms with Gasteiger partial charge in [-0.05, 0) is 94.6 Å². The fourth-order valence-electron chi connectivity index (χ4n) is 8.19. The highest BCUT2D eigenvalue weighted by atomic mass is 16.1. The third kappa shape index (κ3) is 1.43. The van der Waals surface area contributed by atoms with E-state index >= 15 is 0 Å². The van der Waals surface area contributed by atoms with Crippen molar-refractivity contribution in [3.8, 4) is 0 Å². The van der Waals surface area contributed by atoms with Gasteiger partial charge in [-0.1, -0.05) is 36.4 Å². The van der Waals surface area contributed by atoms with Gasteiger partial charge in [0.1, 0.15) is 6.29 Å². The van der Waals surface area contributed by atoms with Crippen molar-refractivity contribution in [1.82, 2.24) is 0 Å². The molecule has 0 spiro atoms. The molecule has 8 atom stereocenters. The van der Waals surface area contributed by atoms with Crippen molar-refractivity contribution in [2.75, 3.05) is 0 Å². The molecule has 0 radical (unpaired) electrons. The van der Waals surface area contributed by atoms with E-state index in [1.165, 1.54) is 30.0 Å². The van der Waals surface area contributed by atoms with Gasteiger partial charge in [-0.25, -0.2) is 0 Å². The Hall–Kier alpha value is -1.89. The molecule has 0 saturated heterocycles. The fraction of sp³-hybridized carbons (Fsp3) is 0.458. The summed E-state index contributed by atoms with van der Waals surface area (Å²) in [6, 6.07) is 10.9. The van der Waals surface area contributed by atoms with Crippen LogP contribution in [0, 0.1) is 41.4 Å². The van der Waals surface area contributed by atoms with E-state index < -0.39 is 0 Å². The summed E-state index contributed by atoms with van der Waals surface area (Å²) >= 11 is 0. The summed E-state index contributed by atoms with van der Waals surface area (Å²) in [5, 5.41) is 2.69. The van der Waals surface area contributed by atoms with Gasteiger partial charge in [0.05, 0.1) is 0 Å². The highest BCUT2D eigenvalue weighted by Crippen LogP contribution is 2.73. The third-order valence-electron chi connectivity index (χ3n) is 8.69. The van der Waals surface area contributed by atoms with Crippen LogP contribution in [0.2, 0.25) is 0 Å². The minimum atomic E-state index is 0.791. The number of carbonyl (C=O) groups is 1. The lowest BCUT2D eigenvalue weighted by molar-refractivity contribution is 0.112. The number of aldehydes is 1. The molecule has 0 aliphatic heterocycles. The zero-order valence-corrected chi connectivity index (χ0v) is 14.3. The third-order valence-corrected chi connectivity index (χ3v) is 8.69. The number of rotatable bonds is 1. The second kappa shape index (κ2) is 4.26. The maximum Gasteiger partial charge on any atom is 0.150 e. The quantitative estimate of drug-likeness (QED) is 0.410. The minimum Gasteiger partial charge on any atom is -0.298 e. The van der Waals surface area contributed by atoms with E-state index in [4.69, 9.17) is 0 Å². The maximum atomic E-state index is 11.2. The van der Waals surface area contributed by atoms with Crippen LogP contribution in [-0.2, 0) is 6.42 Å². The topological polar surface area (TPSA) is 17.1 Å². The Morgan fingerprint density at radius 1 is 0.880 bits per heavy atom. The van der Waals surface area contributed by atoms with Crippen molar-refractivity contribution in [2.45, 2.75) is 25.2 Å². The molecule has 8 unspecified atom stereocenters. The van der Waals surface area contributed by atoms with E-state index in [1.807, 2.05) is 6.07 Å². The van der Waals surface area contributed by atoms with Gasteiger partial charge in [-0.3, -0.25) is 4.79 Å². The monoisotopic (exact) mass is 326 g/mol. The summed E-state index contributed by atoms with van der Waals surface area (Å²) in [5.41, 5.74) is 4.07. The normalized spacial score (nSPS) is 44.3. The van der Waals surface area contributed by atoms with Gasteiger partial charge >= 0.3 is 0 Å². The van der Waals surface area contributed by atoms with Crippen LogP contribution < -0.4 is 0 Å². The first kappa shape index (κ1) is 13.3. The van der Waals surface area contributed by atoms with Crippen LogP contribution in [0.15, 0.2) is 42.5 Å². The molecule has 5 aliphatic carbocycles. The minimum absolute atomic E-state index is 0.791. The van der Waals surface area contributed by atoms with E-state index in [-0.39, 0.29) is 0 Å². The molecule has 0 heterocycles. The Kier molecular flexibility index (Phi) is 2.27. The van der Waals surface area contributed by atoms with Crippen LogP contribution in [0.3, 0.4) is 0 Å². The van der Waals surface area contributed by atoms with Crippen LogP contribution >= 0.6 is 0 Å². The smallest absolute Gasteiger partial charge is 0.150 e. The lowest BCUT2D eigenvalue weighted by Crippen LogP contribution is -2.34. The van der Waals surface area contributed by atoms with Crippen molar-refractivity contribution in [3.63, 3.8) is 0 Å². The highest BCUT2D eigenvalue weighted by molar-refractivity contribution is 5.92. The predicted octanol–water partition coefficient (Wildman–Crippen LogP) is 5.00. The lowest BCUT2D eigenvalue weighted by atomic mass is 9.65. The molecule has 2 aromatic carbocycles. The average Bonchev–Trinajstić information content (AvgIpc) is 3.42. The average molecular weight is 326 g/mol. The SMILES string of the molecule is O=Cc1ccc2c3c(ccc2c1)CC1C2CC(C31)C1C3C=CC(C3)C21. The molecule has 3 fully saturated rings. The zero-order chi connectivity index (χ0) is 16.3. The van der Waals surface area contributed by atoms with Gasteiger partial charge in [0.25, 0.3) is 0 Å². The van der Waals surface area contributed by atoms with Crippen molar-refractivity contribution in [3.05, 3.63) is 59.2 Å². The van der Waals surface area contributed by atoms with E-state index in [2.05, 4.69) is 36.4 Å².